The molecule has 1 aliphatic carbocycles. The van der Waals surface area contributed by atoms with Gasteiger partial charge in [0.25, 0.3) is 0 Å². The smallest absolute Gasteiger partial charge is 0.416 e. The van der Waals surface area contributed by atoms with Gasteiger partial charge in [-0.1, -0.05) is 30.3 Å². The number of carbonyl (C=O) groups excluding carboxylic acids is 2. The van der Waals surface area contributed by atoms with Crippen molar-refractivity contribution in [2.45, 2.75) is 107 Å². The third-order valence-corrected chi connectivity index (χ3v) is 16.6. The number of benzene rings is 5. The first-order valence-corrected chi connectivity index (χ1v) is 29.6. The summed E-state index contributed by atoms with van der Waals surface area (Å²) in [5, 5.41) is 32.5. The minimum Gasteiger partial charge on any atom is -0.486 e. The molecule has 0 bridgehead atoms. The number of hydrogen-bond acceptors (Lipinski definition) is 13. The number of ether oxygens (including phenoxy) is 6. The van der Waals surface area contributed by atoms with Crippen LogP contribution in [0.25, 0.3) is 16.7 Å². The Labute approximate surface area is 538 Å². The van der Waals surface area contributed by atoms with E-state index in [1.54, 1.807) is 16.8 Å². The number of methoxy groups -OCH3 is 2. The van der Waals surface area contributed by atoms with Crippen LogP contribution in [0.1, 0.15) is 103 Å². The van der Waals surface area contributed by atoms with E-state index in [0.29, 0.717) is 91.9 Å². The molecule has 6 heterocycles. The molecule has 20 nitrogen and oxygen atoms in total. The maximum Gasteiger partial charge on any atom is 0.416 e. The number of nitrogens with two attached hydrogens (primary N) is 2. The van der Waals surface area contributed by atoms with Gasteiger partial charge in [0.15, 0.2) is 5.60 Å². The van der Waals surface area contributed by atoms with Crippen molar-refractivity contribution < 1.29 is 107 Å². The molecule has 9 N–H and O–H groups in total. The Bertz CT molecular complexity index is 3800. The van der Waals surface area contributed by atoms with Gasteiger partial charge in [0, 0.05) is 130 Å². The minimum absolute atomic E-state index is 0.0352. The van der Waals surface area contributed by atoms with Crippen LogP contribution in [0.15, 0.2) is 109 Å². The molecule has 1 saturated heterocycles. The highest BCUT2D eigenvalue weighted by atomic mass is 19.4. The third kappa shape index (κ3) is 17.1. The largest absolute Gasteiger partial charge is 0.486 e. The number of nitrogens with one attached hydrogen (secondary N) is 2. The molecule has 0 unspecified atom stereocenters. The zero-order chi connectivity index (χ0) is 69.4. The van der Waals surface area contributed by atoms with Crippen molar-refractivity contribution in [3.05, 3.63) is 154 Å². The maximum atomic E-state index is 12.9. The lowest BCUT2D eigenvalue weighted by molar-refractivity contribution is -0.138. The van der Waals surface area contributed by atoms with E-state index >= 15 is 0 Å². The quantitative estimate of drug-likeness (QED) is 0.0432. The predicted molar refractivity (Wildman–Crippen MR) is 330 cm³/mol. The van der Waals surface area contributed by atoms with Gasteiger partial charge in [-0.25, -0.2) is 24.0 Å². The molecule has 95 heavy (non-hydrogen) atoms. The normalized spacial score (nSPS) is 18.9. The summed E-state index contributed by atoms with van der Waals surface area (Å²) in [4.78, 5) is 59.0. The van der Waals surface area contributed by atoms with E-state index in [9.17, 15) is 63.5 Å². The van der Waals surface area contributed by atoms with Gasteiger partial charge < -0.3 is 65.8 Å². The van der Waals surface area contributed by atoms with Crippen LogP contribution in [0, 0.1) is 0 Å². The van der Waals surface area contributed by atoms with Gasteiger partial charge >= 0.3 is 48.5 Å². The lowest BCUT2D eigenvalue weighted by atomic mass is 9.72. The number of anilines is 4. The van der Waals surface area contributed by atoms with Crippen molar-refractivity contribution in [3.8, 4) is 17.2 Å². The standard InChI is InChI=1S/C16H17F3O5.C16H15F3O4.C15H13F3O3.C10H13N3O.C9H11N3O/c1-22-8-15(9-23-2)7-10(5-14(20)21)12-4-3-11(16(17,18)19)6-13(12)24-15;17-16(18,19)11-1-2-12-10(7-14(20)21)9-15(23-13(12)8-11)3-5-22-6-4-15;16-15(17,18)10-2-3-11-9(6-13(19)20)8-14(4-1-5-14)21-12(11)7-10;1-2-13-9-5-3-4-8(11)7(9)6-12-10(13)14;1-12-8-4-2-3-7(10)6(8)5-11-9(12)13/h3-6H,7-9H2,1-2H3,(H,20,21);1-2,7-8H,3-6,9H2,(H,20,21);2-3,6-7H,1,4-5,8H2,(H,19,20);3-5H,2,6,11H2,1H3,(H,12,14);2-4H,5,10H2,1H3,(H,11,13)/b10-5+;10-7+;9-6+;;. The van der Waals surface area contributed by atoms with Gasteiger partial charge in [-0.2, -0.15) is 39.5 Å². The van der Waals surface area contributed by atoms with Crippen LogP contribution in [0.4, 0.5) is 71.9 Å². The van der Waals surface area contributed by atoms with E-state index in [0.717, 1.165) is 108 Å². The van der Waals surface area contributed by atoms with Crippen molar-refractivity contribution in [2.75, 3.05) is 75.5 Å². The fourth-order valence-corrected chi connectivity index (χ4v) is 11.9. The van der Waals surface area contributed by atoms with E-state index in [4.69, 9.17) is 55.2 Å². The second-order valence-electron chi connectivity index (χ2n) is 23.2. The summed E-state index contributed by atoms with van der Waals surface area (Å²) in [5.41, 5.74) is 14.6. The minimum atomic E-state index is -4.53. The molecule has 12 rings (SSSR count). The summed E-state index contributed by atoms with van der Waals surface area (Å²) in [6.07, 6.45) is -6.02. The SMILES string of the molecule is CCN1C(=O)NCc2c(N)cccc21.CN1C(=O)NCc2c(N)cccc21.COCC1(COC)C/C(=C\C(=O)O)c2ccc(C(F)(F)F)cc2O1.O=C(O)/C=C1\CC2(CCC2)Oc2cc(C(F)(F)F)ccc21.O=C(O)/C=C1\CC2(CCOCC2)Oc2cc(C(F)(F)F)ccc21. The number of hydrogen-bond donors (Lipinski definition) is 7. The number of rotatable bonds is 8. The van der Waals surface area contributed by atoms with Crippen LogP contribution in [0.2, 0.25) is 0 Å². The topological polar surface area (TPSA) is 284 Å². The van der Waals surface area contributed by atoms with Crippen molar-refractivity contribution in [1.29, 1.82) is 0 Å². The number of amides is 4. The molecule has 5 aromatic carbocycles. The number of carbonyl (C=O) groups is 5. The molecule has 6 aliphatic heterocycles. The fourth-order valence-electron chi connectivity index (χ4n) is 11.9. The van der Waals surface area contributed by atoms with Crippen molar-refractivity contribution in [2.24, 2.45) is 0 Å². The van der Waals surface area contributed by atoms with E-state index in [1.807, 2.05) is 43.3 Å². The van der Waals surface area contributed by atoms with E-state index in [-0.39, 0.29) is 48.9 Å². The molecular weight excluding hydrogens is 1270 g/mol. The summed E-state index contributed by atoms with van der Waals surface area (Å²) in [7, 11) is 4.57. The number of nitrogen functional groups attached to an aromatic ring is 2. The van der Waals surface area contributed by atoms with Crippen LogP contribution in [0.5, 0.6) is 17.2 Å². The summed E-state index contributed by atoms with van der Waals surface area (Å²) in [6.45, 7) is 4.59. The second-order valence-corrected chi connectivity index (χ2v) is 23.2. The van der Waals surface area contributed by atoms with Crippen LogP contribution < -0.4 is 46.1 Å². The van der Waals surface area contributed by atoms with Crippen molar-refractivity contribution in [1.82, 2.24) is 10.6 Å². The number of fused-ring (bicyclic) bond motifs is 5. The van der Waals surface area contributed by atoms with Crippen molar-refractivity contribution in [3.63, 3.8) is 0 Å². The molecule has 0 aromatic heterocycles. The number of urea groups is 2. The number of halogens is 9. The average molecular weight is 1340 g/mol. The fraction of sp³-hybridized carbons (Fsp3) is 0.379. The molecule has 1 saturated carbocycles. The van der Waals surface area contributed by atoms with E-state index in [1.165, 1.54) is 32.4 Å². The van der Waals surface area contributed by atoms with Crippen LogP contribution in [-0.4, -0.2) is 116 Å². The zero-order valence-corrected chi connectivity index (χ0v) is 51.8. The lowest BCUT2D eigenvalue weighted by Gasteiger charge is -2.46. The average Bonchev–Trinajstić information content (AvgIpc) is 0.832. The van der Waals surface area contributed by atoms with Gasteiger partial charge in [-0.15, -0.1) is 0 Å². The Hall–Kier alpha value is -9.48. The summed E-state index contributed by atoms with van der Waals surface area (Å²) in [6, 6.07) is 20.5. The second kappa shape index (κ2) is 29.0. The summed E-state index contributed by atoms with van der Waals surface area (Å²) >= 11 is 0. The van der Waals surface area contributed by atoms with Gasteiger partial charge in [0.2, 0.25) is 0 Å². The zero-order valence-electron chi connectivity index (χ0n) is 51.8. The first-order chi connectivity index (χ1) is 44.7. The molecule has 510 valence electrons. The van der Waals surface area contributed by atoms with Gasteiger partial charge in [0.1, 0.15) is 28.5 Å². The highest BCUT2D eigenvalue weighted by molar-refractivity contribution is 5.97. The highest BCUT2D eigenvalue weighted by Gasteiger charge is 2.46. The molecule has 7 aliphatic rings. The molecule has 29 heteroatoms. The molecule has 2 spiro atoms. The third-order valence-electron chi connectivity index (χ3n) is 16.6. The molecular formula is C66H69F9N6O14. The number of alkyl halides is 9. The van der Waals surface area contributed by atoms with Gasteiger partial charge in [0.05, 0.1) is 54.5 Å². The Kier molecular flexibility index (Phi) is 21.8. The predicted octanol–water partition coefficient (Wildman–Crippen LogP) is 12.6. The monoisotopic (exact) mass is 1340 g/mol. The molecule has 0 atom stereocenters. The Morgan fingerprint density at radius 3 is 1.35 bits per heavy atom. The Morgan fingerprint density at radius 1 is 0.568 bits per heavy atom. The number of nitrogens with zero attached hydrogens (tertiary/aromatic N) is 2. The lowest BCUT2D eigenvalue weighted by Crippen LogP contribution is -2.47. The molecule has 5 aromatic rings. The molecule has 2 fully saturated rings. The number of aliphatic carboxylic acids is 3. The first kappa shape index (κ1) is 71.4. The van der Waals surface area contributed by atoms with Crippen LogP contribution >= 0.6 is 0 Å². The number of carboxylic acids is 3. The van der Waals surface area contributed by atoms with E-state index in [2.05, 4.69) is 10.6 Å². The Balaban J connectivity index is 0.000000155. The van der Waals surface area contributed by atoms with Crippen LogP contribution in [0.3, 0.4) is 0 Å². The Morgan fingerprint density at radius 2 is 0.958 bits per heavy atom. The summed E-state index contributed by atoms with van der Waals surface area (Å²) < 4.78 is 149. The van der Waals surface area contributed by atoms with Crippen LogP contribution in [-0.2, 0) is 60.2 Å². The number of carboxylic acid groups (broad SMARTS) is 3. The van der Waals surface area contributed by atoms with Gasteiger partial charge in [-0.3, -0.25) is 9.80 Å². The maximum absolute atomic E-state index is 12.9. The van der Waals surface area contributed by atoms with Crippen molar-refractivity contribution >= 4 is 69.4 Å². The highest BCUT2D eigenvalue weighted by Crippen LogP contribution is 2.51. The molecule has 0 radical (unpaired) electrons. The molecule has 4 amide bonds. The van der Waals surface area contributed by atoms with Gasteiger partial charge in [-0.05, 0) is 104 Å². The first-order valence-electron chi connectivity index (χ1n) is 29.6. The summed E-state index contributed by atoms with van der Waals surface area (Å²) in [5.74, 6) is -3.26. The van der Waals surface area contributed by atoms with E-state index < -0.39 is 69.9 Å².